The van der Waals surface area contributed by atoms with E-state index in [0.717, 1.165) is 54.3 Å². The summed E-state index contributed by atoms with van der Waals surface area (Å²) in [6, 6.07) is 17.4. The molecular weight excluding hydrogens is 444 g/mol. The van der Waals surface area contributed by atoms with Crippen LogP contribution in [0.25, 0.3) is 22.2 Å². The highest BCUT2D eigenvalue weighted by Crippen LogP contribution is 2.29. The van der Waals surface area contributed by atoms with Gasteiger partial charge in [0.1, 0.15) is 23.5 Å². The second-order valence-corrected chi connectivity index (χ2v) is 8.72. The average molecular weight is 471 g/mol. The lowest BCUT2D eigenvalue weighted by Gasteiger charge is -2.36. The van der Waals surface area contributed by atoms with Crippen molar-refractivity contribution >= 4 is 28.4 Å². The van der Waals surface area contributed by atoms with Gasteiger partial charge in [0.05, 0.1) is 18.6 Å². The molecule has 4 aromatic rings. The van der Waals surface area contributed by atoms with Crippen molar-refractivity contribution in [3.63, 3.8) is 0 Å². The Kier molecular flexibility index (Phi) is 5.75. The molecule has 2 aliphatic rings. The first-order chi connectivity index (χ1) is 17.3. The van der Waals surface area contributed by atoms with Crippen molar-refractivity contribution in [3.8, 4) is 11.3 Å². The normalized spacial score (nSPS) is 16.6. The molecule has 9 nitrogen and oxygen atoms in total. The topological polar surface area (TPSA) is 87.8 Å². The fourth-order valence-corrected chi connectivity index (χ4v) is 4.67. The van der Waals surface area contributed by atoms with E-state index in [2.05, 4.69) is 24.9 Å². The zero-order valence-corrected chi connectivity index (χ0v) is 19.3. The third-order valence-corrected chi connectivity index (χ3v) is 6.62. The van der Waals surface area contributed by atoms with Gasteiger partial charge in [-0.15, -0.1) is 0 Å². The minimum atomic E-state index is 0.0171. The SMILES string of the molecule is O=C(c1ccc2noc(-c3ccccc3)c2c1)N1CCN(c2cc(N3CCOCC3)ncn2)CC1. The molecule has 0 spiro atoms. The van der Waals surface area contributed by atoms with Gasteiger partial charge >= 0.3 is 0 Å². The van der Waals surface area contributed by atoms with Crippen LogP contribution in [-0.4, -0.2) is 78.4 Å². The molecule has 35 heavy (non-hydrogen) atoms. The number of hydrogen-bond acceptors (Lipinski definition) is 8. The Hall–Kier alpha value is -3.98. The van der Waals surface area contributed by atoms with Gasteiger partial charge in [0.25, 0.3) is 5.91 Å². The molecule has 0 bridgehead atoms. The number of anilines is 2. The van der Waals surface area contributed by atoms with Crippen LogP contribution in [0.1, 0.15) is 10.4 Å². The maximum absolute atomic E-state index is 13.3. The van der Waals surface area contributed by atoms with Crippen LogP contribution in [0.4, 0.5) is 11.6 Å². The number of amides is 1. The quantitative estimate of drug-likeness (QED) is 0.450. The minimum absolute atomic E-state index is 0.0171. The summed E-state index contributed by atoms with van der Waals surface area (Å²) in [6.45, 7) is 5.79. The zero-order chi connectivity index (χ0) is 23.6. The van der Waals surface area contributed by atoms with Crippen LogP contribution in [-0.2, 0) is 4.74 Å². The number of morpholine rings is 1. The summed E-state index contributed by atoms with van der Waals surface area (Å²) in [5, 5.41) is 5.01. The van der Waals surface area contributed by atoms with Gasteiger partial charge in [0, 0.05) is 56.5 Å². The van der Waals surface area contributed by atoms with Crippen molar-refractivity contribution in [2.45, 2.75) is 0 Å². The summed E-state index contributed by atoms with van der Waals surface area (Å²) in [6.07, 6.45) is 1.62. The number of carbonyl (C=O) groups is 1. The molecule has 2 saturated heterocycles. The van der Waals surface area contributed by atoms with E-state index >= 15 is 0 Å². The number of piperazine rings is 1. The Morgan fingerprint density at radius 2 is 1.51 bits per heavy atom. The largest absolute Gasteiger partial charge is 0.378 e. The maximum Gasteiger partial charge on any atom is 0.254 e. The Morgan fingerprint density at radius 1 is 0.800 bits per heavy atom. The molecule has 9 heteroatoms. The Balaban J connectivity index is 1.15. The standard InChI is InChI=1S/C26H26N6O3/c33-26(20-6-7-22-21(16-20)25(35-29-22)19-4-2-1-3-5-19)32-10-8-30(9-11-32)23-17-24(28-18-27-23)31-12-14-34-15-13-31/h1-7,16-18H,8-15H2. The van der Waals surface area contributed by atoms with E-state index in [4.69, 9.17) is 9.26 Å². The smallest absolute Gasteiger partial charge is 0.254 e. The van der Waals surface area contributed by atoms with Crippen molar-refractivity contribution in [1.29, 1.82) is 0 Å². The molecule has 4 heterocycles. The highest BCUT2D eigenvalue weighted by atomic mass is 16.5. The molecule has 0 atom stereocenters. The van der Waals surface area contributed by atoms with E-state index < -0.39 is 0 Å². The lowest BCUT2D eigenvalue weighted by Crippen LogP contribution is -2.49. The number of benzene rings is 2. The van der Waals surface area contributed by atoms with Gasteiger partial charge in [-0.1, -0.05) is 35.5 Å². The zero-order valence-electron chi connectivity index (χ0n) is 19.3. The summed E-state index contributed by atoms with van der Waals surface area (Å²) in [4.78, 5) is 28.6. The number of aromatic nitrogens is 3. The van der Waals surface area contributed by atoms with Crippen molar-refractivity contribution in [2.24, 2.45) is 0 Å². The molecule has 0 saturated carbocycles. The van der Waals surface area contributed by atoms with Gasteiger partial charge in [-0.25, -0.2) is 9.97 Å². The first kappa shape index (κ1) is 21.5. The molecule has 0 radical (unpaired) electrons. The fraction of sp³-hybridized carbons (Fsp3) is 0.308. The summed E-state index contributed by atoms with van der Waals surface area (Å²) in [5.41, 5.74) is 2.32. The Bertz CT molecular complexity index is 1330. The maximum atomic E-state index is 13.3. The third kappa shape index (κ3) is 4.30. The van der Waals surface area contributed by atoms with Crippen LogP contribution in [0, 0.1) is 0 Å². The fourth-order valence-electron chi connectivity index (χ4n) is 4.67. The summed E-state index contributed by atoms with van der Waals surface area (Å²) < 4.78 is 11.0. The first-order valence-corrected chi connectivity index (χ1v) is 11.9. The van der Waals surface area contributed by atoms with Gasteiger partial charge in [-0.2, -0.15) is 0 Å². The molecule has 0 aliphatic carbocycles. The van der Waals surface area contributed by atoms with E-state index in [-0.39, 0.29) is 5.91 Å². The molecule has 0 unspecified atom stereocenters. The Labute approximate surface area is 202 Å². The number of nitrogens with zero attached hydrogens (tertiary/aromatic N) is 6. The van der Waals surface area contributed by atoms with Crippen molar-refractivity contribution in [2.75, 3.05) is 62.3 Å². The molecule has 2 aromatic heterocycles. The van der Waals surface area contributed by atoms with Crippen LogP contribution in [0.5, 0.6) is 0 Å². The molecule has 2 fully saturated rings. The summed E-state index contributed by atoms with van der Waals surface area (Å²) >= 11 is 0. The highest BCUT2D eigenvalue weighted by Gasteiger charge is 2.25. The van der Waals surface area contributed by atoms with Crippen LogP contribution in [0.2, 0.25) is 0 Å². The predicted molar refractivity (Wildman–Crippen MR) is 133 cm³/mol. The second kappa shape index (κ2) is 9.34. The number of fused-ring (bicyclic) bond motifs is 1. The third-order valence-electron chi connectivity index (χ3n) is 6.62. The van der Waals surface area contributed by atoms with Crippen molar-refractivity contribution < 1.29 is 14.1 Å². The van der Waals surface area contributed by atoms with E-state index in [9.17, 15) is 4.79 Å². The lowest BCUT2D eigenvalue weighted by atomic mass is 10.1. The predicted octanol–water partition coefficient (Wildman–Crippen LogP) is 3.08. The van der Waals surface area contributed by atoms with Crippen LogP contribution in [0.15, 0.2) is 65.4 Å². The molecular formula is C26H26N6O3. The van der Waals surface area contributed by atoms with Gasteiger partial charge in [0.2, 0.25) is 0 Å². The van der Waals surface area contributed by atoms with Gasteiger partial charge in [0.15, 0.2) is 5.76 Å². The summed E-state index contributed by atoms with van der Waals surface area (Å²) in [5.74, 6) is 2.52. The highest BCUT2D eigenvalue weighted by molar-refractivity contribution is 6.01. The molecule has 1 amide bonds. The molecule has 6 rings (SSSR count). The lowest BCUT2D eigenvalue weighted by molar-refractivity contribution is 0.0746. The van der Waals surface area contributed by atoms with Gasteiger partial charge in [-0.05, 0) is 18.2 Å². The molecule has 2 aliphatic heterocycles. The summed E-state index contributed by atoms with van der Waals surface area (Å²) in [7, 11) is 0. The van der Waals surface area contributed by atoms with Gasteiger partial charge in [-0.3, -0.25) is 4.79 Å². The number of rotatable bonds is 4. The number of carbonyl (C=O) groups excluding carboxylic acids is 1. The average Bonchev–Trinajstić information content (AvgIpc) is 3.37. The molecule has 0 N–H and O–H groups in total. The Morgan fingerprint density at radius 3 is 2.26 bits per heavy atom. The molecule has 178 valence electrons. The van der Waals surface area contributed by atoms with Crippen molar-refractivity contribution in [3.05, 3.63) is 66.5 Å². The van der Waals surface area contributed by atoms with Gasteiger partial charge < -0.3 is 24.0 Å². The van der Waals surface area contributed by atoms with E-state index in [1.54, 1.807) is 6.33 Å². The van der Waals surface area contributed by atoms with Crippen LogP contribution in [0.3, 0.4) is 0 Å². The first-order valence-electron chi connectivity index (χ1n) is 11.9. The number of hydrogen-bond donors (Lipinski definition) is 0. The van der Waals surface area contributed by atoms with E-state index in [1.165, 1.54) is 0 Å². The van der Waals surface area contributed by atoms with E-state index in [0.29, 0.717) is 37.6 Å². The molecule has 2 aromatic carbocycles. The number of ether oxygens (including phenoxy) is 1. The van der Waals surface area contributed by atoms with Crippen LogP contribution < -0.4 is 9.80 Å². The van der Waals surface area contributed by atoms with Crippen LogP contribution >= 0.6 is 0 Å². The van der Waals surface area contributed by atoms with Crippen molar-refractivity contribution in [1.82, 2.24) is 20.0 Å². The second-order valence-electron chi connectivity index (χ2n) is 8.72. The minimum Gasteiger partial charge on any atom is -0.378 e. The van der Waals surface area contributed by atoms with E-state index in [1.807, 2.05) is 59.5 Å². The monoisotopic (exact) mass is 470 g/mol.